The molecule has 8 nitrogen and oxygen atoms in total. The van der Waals surface area contributed by atoms with Crippen molar-refractivity contribution in [3.63, 3.8) is 0 Å². The molecule has 40 heavy (non-hydrogen) atoms. The number of aromatic amines is 2. The van der Waals surface area contributed by atoms with E-state index in [1.165, 1.54) is 12.1 Å². The van der Waals surface area contributed by atoms with Crippen molar-refractivity contribution in [2.24, 2.45) is 0 Å². The Balaban J connectivity index is 1.25. The van der Waals surface area contributed by atoms with Gasteiger partial charge in [-0.1, -0.05) is 6.07 Å². The molecule has 1 fully saturated rings. The van der Waals surface area contributed by atoms with Crippen LogP contribution in [0.2, 0.25) is 0 Å². The fourth-order valence-corrected chi connectivity index (χ4v) is 5.28. The van der Waals surface area contributed by atoms with E-state index in [0.717, 1.165) is 33.7 Å². The van der Waals surface area contributed by atoms with Crippen LogP contribution in [0.4, 0.5) is 13.2 Å². The van der Waals surface area contributed by atoms with Crippen molar-refractivity contribution in [1.82, 2.24) is 35.0 Å². The average molecular weight is 542 g/mol. The highest BCUT2D eigenvalue weighted by molar-refractivity contribution is 5.97. The summed E-state index contributed by atoms with van der Waals surface area (Å²) in [6.07, 6.45) is 4.92. The molecule has 3 N–H and O–H groups in total. The number of hydrogen-bond donors (Lipinski definition) is 3. The highest BCUT2D eigenvalue weighted by atomic mass is 19.3. The van der Waals surface area contributed by atoms with Gasteiger partial charge >= 0.3 is 0 Å². The third-order valence-electron chi connectivity index (χ3n) is 7.13. The second kappa shape index (κ2) is 9.16. The zero-order valence-electron chi connectivity index (χ0n) is 21.0. The lowest BCUT2D eigenvalue weighted by Crippen LogP contribution is -2.24. The third-order valence-corrected chi connectivity index (χ3v) is 7.13. The second-order valence-corrected chi connectivity index (χ2v) is 10.1. The number of nitrogens with zero attached hydrogens (tertiary/aromatic N) is 5. The number of phenolic OH excluding ortho intramolecular Hbond substituents is 1. The minimum Gasteiger partial charge on any atom is -0.508 e. The number of phenols is 1. The monoisotopic (exact) mass is 541 g/mol. The van der Waals surface area contributed by atoms with E-state index in [-0.39, 0.29) is 18.7 Å². The first-order valence-electron chi connectivity index (χ1n) is 12.7. The number of likely N-dealkylation sites (tertiary alicyclic amines) is 1. The summed E-state index contributed by atoms with van der Waals surface area (Å²) in [5.74, 6) is -2.92. The van der Waals surface area contributed by atoms with Crippen molar-refractivity contribution >= 4 is 21.9 Å². The average Bonchev–Trinajstić information content (AvgIpc) is 3.63. The van der Waals surface area contributed by atoms with Crippen molar-refractivity contribution in [1.29, 1.82) is 0 Å². The molecule has 0 bridgehead atoms. The van der Waals surface area contributed by atoms with Crippen LogP contribution in [-0.2, 0) is 6.54 Å². The van der Waals surface area contributed by atoms with E-state index in [1.54, 1.807) is 29.6 Å². The van der Waals surface area contributed by atoms with E-state index in [1.807, 2.05) is 24.3 Å². The number of benzene rings is 2. The van der Waals surface area contributed by atoms with Gasteiger partial charge in [-0.2, -0.15) is 5.10 Å². The Morgan fingerprint density at radius 2 is 1.85 bits per heavy atom. The van der Waals surface area contributed by atoms with Gasteiger partial charge in [-0.3, -0.25) is 20.0 Å². The molecule has 1 aliphatic heterocycles. The number of aromatic nitrogens is 6. The van der Waals surface area contributed by atoms with Crippen molar-refractivity contribution in [2.75, 3.05) is 13.1 Å². The summed E-state index contributed by atoms with van der Waals surface area (Å²) < 4.78 is 41.3. The van der Waals surface area contributed by atoms with Crippen LogP contribution in [0, 0.1) is 5.82 Å². The SMILES string of the molecule is Oc1cc(F)cc(-c2nccc3[nH]c(-c4n[nH]c5ccc(-c6cncc(CN7CCC(F)(F)C7)c6)cc45)nc23)c1. The Morgan fingerprint density at radius 3 is 2.67 bits per heavy atom. The summed E-state index contributed by atoms with van der Waals surface area (Å²) in [5.41, 5.74) is 6.03. The maximum Gasteiger partial charge on any atom is 0.261 e. The van der Waals surface area contributed by atoms with Crippen LogP contribution in [0.25, 0.3) is 55.8 Å². The van der Waals surface area contributed by atoms with Gasteiger partial charge in [-0.05, 0) is 47.5 Å². The van der Waals surface area contributed by atoms with Crippen molar-refractivity contribution in [2.45, 2.75) is 18.9 Å². The molecule has 0 saturated carbocycles. The van der Waals surface area contributed by atoms with Crippen LogP contribution >= 0.6 is 0 Å². The molecule has 200 valence electrons. The molecule has 11 heteroatoms. The quantitative estimate of drug-likeness (QED) is 0.250. The highest BCUT2D eigenvalue weighted by Crippen LogP contribution is 2.34. The number of imidazole rings is 1. The van der Waals surface area contributed by atoms with Crippen molar-refractivity contribution in [3.8, 4) is 39.7 Å². The normalized spacial score (nSPS) is 15.4. The summed E-state index contributed by atoms with van der Waals surface area (Å²) in [5, 5.41) is 18.2. The van der Waals surface area contributed by atoms with E-state index in [9.17, 15) is 18.3 Å². The molecule has 0 spiro atoms. The molecule has 0 aliphatic carbocycles. The molecule has 4 aromatic heterocycles. The van der Waals surface area contributed by atoms with Crippen LogP contribution in [0.3, 0.4) is 0 Å². The number of rotatable bonds is 5. The van der Waals surface area contributed by atoms with Crippen LogP contribution in [0.5, 0.6) is 5.75 Å². The lowest BCUT2D eigenvalue weighted by molar-refractivity contribution is 0.0115. The van der Waals surface area contributed by atoms with E-state index in [0.29, 0.717) is 46.9 Å². The molecular formula is C29H22F3N7O. The maximum atomic E-state index is 14.0. The van der Waals surface area contributed by atoms with E-state index in [2.05, 4.69) is 25.1 Å². The smallest absolute Gasteiger partial charge is 0.261 e. The van der Waals surface area contributed by atoms with Gasteiger partial charge in [0.1, 0.15) is 22.8 Å². The van der Waals surface area contributed by atoms with E-state index >= 15 is 0 Å². The van der Waals surface area contributed by atoms with Gasteiger partial charge < -0.3 is 10.1 Å². The molecule has 0 amide bonds. The zero-order chi connectivity index (χ0) is 27.4. The Hall–Kier alpha value is -4.77. The van der Waals surface area contributed by atoms with Crippen molar-refractivity contribution in [3.05, 3.63) is 78.5 Å². The van der Waals surface area contributed by atoms with Crippen LogP contribution in [0.1, 0.15) is 12.0 Å². The number of hydrogen-bond acceptors (Lipinski definition) is 6. The number of alkyl halides is 2. The number of pyridine rings is 2. The Labute approximate surface area is 225 Å². The fourth-order valence-electron chi connectivity index (χ4n) is 5.28. The summed E-state index contributed by atoms with van der Waals surface area (Å²) in [4.78, 5) is 18.5. The number of halogens is 3. The van der Waals surface area contributed by atoms with Gasteiger partial charge in [0.05, 0.1) is 23.3 Å². The molecular weight excluding hydrogens is 519 g/mol. The lowest BCUT2D eigenvalue weighted by atomic mass is 10.0. The zero-order valence-corrected chi connectivity index (χ0v) is 21.0. The Morgan fingerprint density at radius 1 is 0.950 bits per heavy atom. The van der Waals surface area contributed by atoms with Gasteiger partial charge in [0.15, 0.2) is 5.82 Å². The Kier molecular flexibility index (Phi) is 5.56. The molecule has 0 unspecified atom stereocenters. The molecule has 1 aliphatic rings. The number of fused-ring (bicyclic) bond motifs is 2. The standard InChI is InChI=1S/C29H22F3N7O/c30-20-8-18(9-21(40)11-20)25-27-24(3-5-34-25)35-28(36-27)26-22-10-17(1-2-23(22)37-38-26)19-7-16(12-33-13-19)14-39-6-4-29(31,32)15-39/h1-3,5,7-13,40H,4,6,14-15H2,(H,35,36)(H,37,38). The molecule has 0 atom stereocenters. The molecule has 5 heterocycles. The minimum atomic E-state index is -2.64. The predicted molar refractivity (Wildman–Crippen MR) is 144 cm³/mol. The van der Waals surface area contributed by atoms with Crippen LogP contribution in [0.15, 0.2) is 67.1 Å². The molecule has 6 aromatic rings. The first-order chi connectivity index (χ1) is 19.3. The van der Waals surface area contributed by atoms with Crippen molar-refractivity contribution < 1.29 is 18.3 Å². The van der Waals surface area contributed by atoms with E-state index in [4.69, 9.17) is 4.98 Å². The van der Waals surface area contributed by atoms with Gasteiger partial charge in [0.2, 0.25) is 0 Å². The lowest BCUT2D eigenvalue weighted by Gasteiger charge is -2.15. The third kappa shape index (κ3) is 4.43. The first kappa shape index (κ1) is 24.3. The summed E-state index contributed by atoms with van der Waals surface area (Å²) in [6, 6.07) is 13.3. The molecule has 0 radical (unpaired) electrons. The van der Waals surface area contributed by atoms with Crippen LogP contribution < -0.4 is 0 Å². The minimum absolute atomic E-state index is 0.121. The molecule has 2 aromatic carbocycles. The van der Waals surface area contributed by atoms with Gasteiger partial charge in [-0.15, -0.1) is 0 Å². The van der Waals surface area contributed by atoms with Crippen LogP contribution in [-0.4, -0.2) is 59.2 Å². The fraction of sp³-hybridized carbons (Fsp3) is 0.172. The molecule has 1 saturated heterocycles. The summed E-state index contributed by atoms with van der Waals surface area (Å²) in [7, 11) is 0. The summed E-state index contributed by atoms with van der Waals surface area (Å²) >= 11 is 0. The second-order valence-electron chi connectivity index (χ2n) is 10.1. The number of nitrogens with one attached hydrogen (secondary N) is 2. The predicted octanol–water partition coefficient (Wildman–Crippen LogP) is 5.92. The maximum absolute atomic E-state index is 14.0. The van der Waals surface area contributed by atoms with Gasteiger partial charge in [0.25, 0.3) is 5.92 Å². The highest BCUT2D eigenvalue weighted by Gasteiger charge is 2.37. The Bertz CT molecular complexity index is 1880. The van der Waals surface area contributed by atoms with E-state index < -0.39 is 11.7 Å². The summed E-state index contributed by atoms with van der Waals surface area (Å²) in [6.45, 7) is 0.529. The molecule has 7 rings (SSSR count). The van der Waals surface area contributed by atoms with Gasteiger partial charge in [0, 0.05) is 60.7 Å². The largest absolute Gasteiger partial charge is 0.508 e. The number of H-pyrrole nitrogens is 2. The first-order valence-corrected chi connectivity index (χ1v) is 12.7. The number of aromatic hydroxyl groups is 1. The van der Waals surface area contributed by atoms with Gasteiger partial charge in [-0.25, -0.2) is 18.2 Å². The topological polar surface area (TPSA) is 107 Å².